The van der Waals surface area contributed by atoms with Crippen LogP contribution >= 0.6 is 23.4 Å². The van der Waals surface area contributed by atoms with Crippen molar-refractivity contribution in [3.05, 3.63) is 106 Å². The first-order valence-electron chi connectivity index (χ1n) is 15.9. The number of hydrogen-bond acceptors (Lipinski definition) is 5. The zero-order chi connectivity index (χ0) is 32.0. The molecule has 1 fully saturated rings. The Morgan fingerprint density at radius 1 is 0.957 bits per heavy atom. The molecule has 1 aliphatic heterocycles. The highest BCUT2D eigenvalue weighted by Crippen LogP contribution is 2.45. The topological polar surface area (TPSA) is 63.4 Å². The van der Waals surface area contributed by atoms with Crippen molar-refractivity contribution in [2.24, 2.45) is 11.0 Å². The minimum Gasteiger partial charge on any atom is -0.302 e. The third-order valence-corrected chi connectivity index (χ3v) is 9.76. The highest BCUT2D eigenvalue weighted by Gasteiger charge is 2.43. The molecule has 2 unspecified atom stereocenters. The number of hydrazone groups is 1. The van der Waals surface area contributed by atoms with Gasteiger partial charge in [0.05, 0.1) is 17.5 Å². The smallest absolute Gasteiger partial charge is 0.253 e. The van der Waals surface area contributed by atoms with Crippen molar-refractivity contribution in [3.63, 3.8) is 0 Å². The molecule has 4 aromatic rings. The summed E-state index contributed by atoms with van der Waals surface area (Å²) in [6, 6.07) is 19.9. The second-order valence-corrected chi connectivity index (χ2v) is 13.1. The van der Waals surface area contributed by atoms with E-state index in [1.54, 1.807) is 29.3 Å². The highest BCUT2D eigenvalue weighted by molar-refractivity contribution is 7.99. The molecule has 1 amide bonds. The minimum absolute atomic E-state index is 0.0291. The average Bonchev–Trinajstić information content (AvgIpc) is 3.66. The van der Waals surface area contributed by atoms with Gasteiger partial charge >= 0.3 is 0 Å². The van der Waals surface area contributed by atoms with Gasteiger partial charge in [-0.25, -0.2) is 13.8 Å². The molecule has 3 aromatic carbocycles. The lowest BCUT2D eigenvalue weighted by molar-refractivity contribution is -0.130. The molecule has 6 nitrogen and oxygen atoms in total. The van der Waals surface area contributed by atoms with Gasteiger partial charge in [-0.1, -0.05) is 73.8 Å². The van der Waals surface area contributed by atoms with Crippen molar-refractivity contribution in [2.75, 3.05) is 5.75 Å². The Morgan fingerprint density at radius 3 is 2.39 bits per heavy atom. The van der Waals surface area contributed by atoms with Gasteiger partial charge in [-0.3, -0.25) is 4.79 Å². The lowest BCUT2D eigenvalue weighted by atomic mass is 9.77. The first kappa shape index (κ1) is 32.1. The maximum Gasteiger partial charge on any atom is 0.253 e. The van der Waals surface area contributed by atoms with Crippen LogP contribution in [0, 0.1) is 17.6 Å². The van der Waals surface area contributed by atoms with Gasteiger partial charge in [0.15, 0.2) is 11.0 Å². The van der Waals surface area contributed by atoms with E-state index < -0.39 is 0 Å². The van der Waals surface area contributed by atoms with Gasteiger partial charge in [0.2, 0.25) is 0 Å². The van der Waals surface area contributed by atoms with E-state index in [1.165, 1.54) is 36.0 Å². The van der Waals surface area contributed by atoms with E-state index in [9.17, 15) is 13.6 Å². The Balaban J connectivity index is 1.28. The van der Waals surface area contributed by atoms with Crippen LogP contribution in [-0.4, -0.2) is 37.1 Å². The monoisotopic (exact) mass is 659 g/mol. The molecule has 0 spiro atoms. The van der Waals surface area contributed by atoms with Gasteiger partial charge in [0, 0.05) is 23.0 Å². The summed E-state index contributed by atoms with van der Waals surface area (Å²) in [6.45, 7) is 2.93. The predicted molar refractivity (Wildman–Crippen MR) is 180 cm³/mol. The number of carbonyl (C=O) groups excluding carboxylic acids is 1. The van der Waals surface area contributed by atoms with Gasteiger partial charge in [0.1, 0.15) is 11.6 Å². The van der Waals surface area contributed by atoms with Crippen LogP contribution in [0.1, 0.15) is 69.0 Å². The third kappa shape index (κ3) is 7.26. The van der Waals surface area contributed by atoms with E-state index in [4.69, 9.17) is 16.7 Å². The lowest BCUT2D eigenvalue weighted by Crippen LogP contribution is -2.33. The molecule has 2 atom stereocenters. The number of allylic oxidation sites excluding steroid dienone is 1. The molecule has 2 heterocycles. The number of hydrogen-bond donors (Lipinski definition) is 0. The average molecular weight is 660 g/mol. The van der Waals surface area contributed by atoms with E-state index >= 15 is 0 Å². The summed E-state index contributed by atoms with van der Waals surface area (Å²) in [4.78, 5) is 14.0. The van der Waals surface area contributed by atoms with Crippen LogP contribution in [0.3, 0.4) is 0 Å². The number of rotatable bonds is 11. The van der Waals surface area contributed by atoms with Crippen LogP contribution in [0.5, 0.6) is 0 Å². The summed E-state index contributed by atoms with van der Waals surface area (Å²) in [6.07, 6.45) is 9.00. The normalized spacial score (nSPS) is 18.6. The van der Waals surface area contributed by atoms with Crippen LogP contribution in [-0.2, 0) is 11.3 Å². The van der Waals surface area contributed by atoms with Crippen LogP contribution in [0.4, 0.5) is 8.78 Å². The second-order valence-electron chi connectivity index (χ2n) is 11.8. The van der Waals surface area contributed by atoms with Crippen molar-refractivity contribution in [2.45, 2.75) is 69.6 Å². The molecule has 46 heavy (non-hydrogen) atoms. The van der Waals surface area contributed by atoms with Crippen molar-refractivity contribution in [3.8, 4) is 11.4 Å². The van der Waals surface area contributed by atoms with Gasteiger partial charge in [0.25, 0.3) is 5.91 Å². The van der Waals surface area contributed by atoms with E-state index in [-0.39, 0.29) is 35.3 Å². The van der Waals surface area contributed by atoms with Gasteiger partial charge in [-0.05, 0) is 97.0 Å². The maximum absolute atomic E-state index is 14.0. The summed E-state index contributed by atoms with van der Waals surface area (Å²) in [7, 11) is 0. The number of halogens is 3. The lowest BCUT2D eigenvalue weighted by Gasteiger charge is -2.29. The maximum atomic E-state index is 14.0. The molecule has 238 valence electrons. The van der Waals surface area contributed by atoms with Gasteiger partial charge in [-0.15, -0.1) is 10.2 Å². The number of nitrogens with zero attached hydrogens (tertiary/aromatic N) is 5. The van der Waals surface area contributed by atoms with Crippen LogP contribution < -0.4 is 0 Å². The molecular weight excluding hydrogens is 624 g/mol. The predicted octanol–water partition coefficient (Wildman–Crippen LogP) is 9.37. The molecule has 1 saturated carbocycles. The first-order valence-corrected chi connectivity index (χ1v) is 17.2. The summed E-state index contributed by atoms with van der Waals surface area (Å²) in [5.41, 5.74) is 4.55. The first-order chi connectivity index (χ1) is 22.4. The molecule has 0 bridgehead atoms. The van der Waals surface area contributed by atoms with E-state index in [2.05, 4.69) is 21.7 Å². The van der Waals surface area contributed by atoms with Gasteiger partial charge in [-0.2, -0.15) is 5.10 Å². The number of amides is 1. The van der Waals surface area contributed by atoms with Crippen molar-refractivity contribution in [1.29, 1.82) is 0 Å². The Kier molecular flexibility index (Phi) is 10.3. The molecule has 0 saturated heterocycles. The third-order valence-electron chi connectivity index (χ3n) is 8.56. The molecular formula is C36H36ClF2N5OS. The molecule has 1 aliphatic carbocycles. The van der Waals surface area contributed by atoms with Crippen LogP contribution in [0.15, 0.2) is 88.6 Å². The fraction of sp³-hybridized carbons (Fsp3) is 0.333. The SMILES string of the molecule is CCCCCCn1c(SCC(=O)N2N=C3C(=Cc4ccc(F)cc4)CCCC3C2c2ccc(F)cc2)nnc1-c1ccc(Cl)cc1. The number of carbonyl (C=O) groups is 1. The molecule has 1 aromatic heterocycles. The number of fused-ring (bicyclic) bond motifs is 1. The minimum atomic E-state index is -0.350. The Bertz CT molecular complexity index is 1720. The van der Waals surface area contributed by atoms with Crippen molar-refractivity contribution < 1.29 is 13.6 Å². The summed E-state index contributed by atoms with van der Waals surface area (Å²) < 4.78 is 29.6. The zero-order valence-electron chi connectivity index (χ0n) is 25.7. The Labute approximate surface area is 277 Å². The fourth-order valence-electron chi connectivity index (χ4n) is 6.26. The summed E-state index contributed by atoms with van der Waals surface area (Å²) >= 11 is 7.49. The Morgan fingerprint density at radius 2 is 1.67 bits per heavy atom. The number of aromatic nitrogens is 3. The van der Waals surface area contributed by atoms with Crippen molar-refractivity contribution >= 4 is 41.1 Å². The summed E-state index contributed by atoms with van der Waals surface area (Å²) in [5, 5.41) is 16.9. The van der Waals surface area contributed by atoms with E-state index in [0.717, 1.165) is 85.3 Å². The largest absolute Gasteiger partial charge is 0.302 e. The molecule has 2 aliphatic rings. The molecule has 0 N–H and O–H groups in total. The van der Waals surface area contributed by atoms with E-state index in [0.29, 0.717) is 10.2 Å². The highest BCUT2D eigenvalue weighted by atomic mass is 35.5. The van der Waals surface area contributed by atoms with Crippen LogP contribution in [0.2, 0.25) is 5.02 Å². The zero-order valence-corrected chi connectivity index (χ0v) is 27.3. The van der Waals surface area contributed by atoms with Crippen LogP contribution in [0.25, 0.3) is 17.5 Å². The second kappa shape index (κ2) is 14.7. The van der Waals surface area contributed by atoms with Crippen molar-refractivity contribution in [1.82, 2.24) is 19.8 Å². The Hall–Kier alpha value is -3.82. The van der Waals surface area contributed by atoms with E-state index in [1.807, 2.05) is 30.3 Å². The quantitative estimate of drug-likeness (QED) is 0.119. The molecule has 10 heteroatoms. The summed E-state index contributed by atoms with van der Waals surface area (Å²) in [5.74, 6) is 0.0624. The standard InChI is InChI=1S/C36H36ClF2N5OS/c1-2-3-4-5-21-43-35(26-11-15-28(37)16-12-26)40-41-36(43)46-23-32(45)44-34(25-13-19-30(39)20-14-25)31-8-6-7-27(33(31)42-44)22-24-9-17-29(38)18-10-24/h9-20,22,31,34H,2-8,21,23H2,1H3. The molecule has 6 rings (SSSR count). The number of thioether (sulfide) groups is 1. The number of benzene rings is 3. The van der Waals surface area contributed by atoms with Gasteiger partial charge < -0.3 is 4.57 Å². The number of unbranched alkanes of at least 4 members (excludes halogenated alkanes) is 3. The fourth-order valence-corrected chi connectivity index (χ4v) is 7.20. The molecule has 0 radical (unpaired) electrons.